The van der Waals surface area contributed by atoms with Crippen LogP contribution >= 0.6 is 0 Å². The van der Waals surface area contributed by atoms with E-state index in [0.29, 0.717) is 0 Å². The predicted molar refractivity (Wildman–Crippen MR) is 311 cm³/mol. The zero-order chi connectivity index (χ0) is 47.0. The van der Waals surface area contributed by atoms with Crippen molar-refractivity contribution in [3.8, 4) is 55.6 Å². The van der Waals surface area contributed by atoms with Gasteiger partial charge in [-0.3, -0.25) is 0 Å². The summed E-state index contributed by atoms with van der Waals surface area (Å²) in [6.07, 6.45) is 0. The smallest absolute Gasteiger partial charge is 0.000697 e. The lowest BCUT2D eigenvalue weighted by molar-refractivity contribution is 1.64. The molecule has 0 amide bonds. The van der Waals surface area contributed by atoms with Crippen molar-refractivity contribution in [1.29, 1.82) is 0 Å². The van der Waals surface area contributed by atoms with Crippen LogP contribution in [-0.4, -0.2) is 0 Å². The van der Waals surface area contributed by atoms with E-state index >= 15 is 0 Å². The molecule has 0 N–H and O–H groups in total. The molecule has 0 atom stereocenters. The van der Waals surface area contributed by atoms with Gasteiger partial charge in [-0.15, -0.1) is 0 Å². The van der Waals surface area contributed by atoms with Crippen molar-refractivity contribution in [2.45, 2.75) is 0 Å². The lowest BCUT2D eigenvalue weighted by Crippen LogP contribution is -1.92. The second-order valence-corrected chi connectivity index (χ2v) is 19.7. The molecule has 0 fully saturated rings. The normalized spacial score (nSPS) is 12.2. The fourth-order valence-electron chi connectivity index (χ4n) is 13.2. The van der Waals surface area contributed by atoms with Gasteiger partial charge in [0.15, 0.2) is 0 Å². The molecule has 330 valence electrons. The Morgan fingerprint density at radius 2 is 0.556 bits per heavy atom. The molecule has 0 aliphatic carbocycles. The lowest BCUT2D eigenvalue weighted by atomic mass is 9.83. The summed E-state index contributed by atoms with van der Waals surface area (Å²) in [6, 6.07) is 95.7. The van der Waals surface area contributed by atoms with E-state index in [1.54, 1.807) is 0 Å². The molecule has 0 radical (unpaired) electrons. The summed E-state index contributed by atoms with van der Waals surface area (Å²) in [5, 5.41) is 25.8. The molecule has 0 aliphatic rings. The molecule has 0 aliphatic heterocycles. The van der Waals surface area contributed by atoms with Gasteiger partial charge >= 0.3 is 0 Å². The van der Waals surface area contributed by atoms with Crippen molar-refractivity contribution >= 4 is 108 Å². The third kappa shape index (κ3) is 5.47. The highest BCUT2D eigenvalue weighted by molar-refractivity contribution is 6.46. The van der Waals surface area contributed by atoms with Gasteiger partial charge in [0, 0.05) is 0 Å². The van der Waals surface area contributed by atoms with Crippen LogP contribution in [0.1, 0.15) is 0 Å². The fourth-order valence-corrected chi connectivity index (χ4v) is 13.2. The highest BCUT2D eigenvalue weighted by Gasteiger charge is 2.28. The molecule has 72 heavy (non-hydrogen) atoms. The van der Waals surface area contributed by atoms with Gasteiger partial charge in [-0.2, -0.15) is 0 Å². The van der Waals surface area contributed by atoms with Crippen LogP contribution in [0.4, 0.5) is 0 Å². The quantitative estimate of drug-likeness (QED) is 0.119. The van der Waals surface area contributed by atoms with Gasteiger partial charge in [-0.05, 0) is 194 Å². The minimum Gasteiger partial charge on any atom is -0.0622 e. The first-order valence-corrected chi connectivity index (χ1v) is 25.2. The summed E-state index contributed by atoms with van der Waals surface area (Å²) < 4.78 is 0. The first-order chi connectivity index (χ1) is 35.8. The Morgan fingerprint density at radius 3 is 1.21 bits per heavy atom. The largest absolute Gasteiger partial charge is 0.0622 e. The second kappa shape index (κ2) is 15.1. The van der Waals surface area contributed by atoms with Gasteiger partial charge < -0.3 is 0 Å². The molecule has 0 heteroatoms. The van der Waals surface area contributed by atoms with Gasteiger partial charge in [0.1, 0.15) is 0 Å². The Bertz CT molecular complexity index is 4860. The molecular formula is C72H42. The molecule has 0 bridgehead atoms. The van der Waals surface area contributed by atoms with Crippen LogP contribution in [0.15, 0.2) is 255 Å². The van der Waals surface area contributed by atoms with E-state index in [4.69, 9.17) is 0 Å². The van der Waals surface area contributed by atoms with Crippen molar-refractivity contribution in [2.24, 2.45) is 0 Å². The molecule has 16 aromatic carbocycles. The minimum atomic E-state index is 1.20. The van der Waals surface area contributed by atoms with Gasteiger partial charge in [0.05, 0.1) is 0 Å². The van der Waals surface area contributed by atoms with Crippen molar-refractivity contribution in [1.82, 2.24) is 0 Å². The van der Waals surface area contributed by atoms with Gasteiger partial charge in [0.2, 0.25) is 0 Å². The highest BCUT2D eigenvalue weighted by Crippen LogP contribution is 2.56. The maximum absolute atomic E-state index is 2.55. The van der Waals surface area contributed by atoms with Crippen LogP contribution < -0.4 is 0 Å². The van der Waals surface area contributed by atoms with E-state index in [-0.39, 0.29) is 0 Å². The zero-order valence-corrected chi connectivity index (χ0v) is 39.2. The van der Waals surface area contributed by atoms with E-state index in [2.05, 4.69) is 255 Å². The molecule has 16 aromatic rings. The average molecular weight is 907 g/mol. The number of fused-ring (bicyclic) bond motifs is 12. The van der Waals surface area contributed by atoms with Crippen molar-refractivity contribution in [3.63, 3.8) is 0 Å². The Balaban J connectivity index is 1.12. The highest BCUT2D eigenvalue weighted by atomic mass is 14.3. The third-order valence-corrected chi connectivity index (χ3v) is 16.0. The van der Waals surface area contributed by atoms with E-state index in [1.165, 1.54) is 163 Å². The monoisotopic (exact) mass is 906 g/mol. The van der Waals surface area contributed by atoms with Crippen LogP contribution in [0.2, 0.25) is 0 Å². The Kier molecular flexibility index (Phi) is 8.26. The molecule has 0 spiro atoms. The topological polar surface area (TPSA) is 0 Å². The Morgan fingerprint density at radius 1 is 0.139 bits per heavy atom. The van der Waals surface area contributed by atoms with Crippen LogP contribution in [0, 0.1) is 0 Å². The molecular weight excluding hydrogens is 865 g/mol. The van der Waals surface area contributed by atoms with Gasteiger partial charge in [0.25, 0.3) is 0 Å². The zero-order valence-electron chi connectivity index (χ0n) is 39.2. The number of benzene rings is 14. The molecule has 0 saturated carbocycles. The number of hydrogen-bond donors (Lipinski definition) is 0. The third-order valence-electron chi connectivity index (χ3n) is 16.0. The van der Waals surface area contributed by atoms with E-state index in [0.717, 1.165) is 0 Å². The summed E-state index contributed by atoms with van der Waals surface area (Å²) in [4.78, 5) is 0. The summed E-state index contributed by atoms with van der Waals surface area (Å²) >= 11 is 0. The van der Waals surface area contributed by atoms with Crippen molar-refractivity contribution in [3.05, 3.63) is 255 Å². The molecule has 0 nitrogen and oxygen atoms in total. The minimum absolute atomic E-state index is 1.20. The van der Waals surface area contributed by atoms with Gasteiger partial charge in [-0.1, -0.05) is 224 Å². The SMILES string of the molecule is c1ccc(-c2c3ccccc3c(-c3ccccc3)c3cc(-c4cc5c6ccccc6cc6c7c(-c8ccccc8)c8c(cc9c%10ccccc%10c%10cccc8c%109)c(-c8ccccc8)c7c(c4)c56)ccc23)cc1. The maximum Gasteiger partial charge on any atom is -0.000697 e. The average Bonchev–Trinajstić information content (AvgIpc) is 3.95. The van der Waals surface area contributed by atoms with Crippen molar-refractivity contribution in [2.75, 3.05) is 0 Å². The van der Waals surface area contributed by atoms with Gasteiger partial charge in [-0.25, -0.2) is 0 Å². The summed E-state index contributed by atoms with van der Waals surface area (Å²) in [6.45, 7) is 0. The Labute approximate surface area is 415 Å². The van der Waals surface area contributed by atoms with Crippen LogP contribution in [-0.2, 0) is 0 Å². The summed E-state index contributed by atoms with van der Waals surface area (Å²) in [7, 11) is 0. The summed E-state index contributed by atoms with van der Waals surface area (Å²) in [5.74, 6) is 0. The number of hydrogen-bond acceptors (Lipinski definition) is 0. The predicted octanol–water partition coefficient (Wildman–Crippen LogP) is 20.4. The number of rotatable bonds is 5. The second-order valence-electron chi connectivity index (χ2n) is 19.7. The summed E-state index contributed by atoms with van der Waals surface area (Å²) in [5.41, 5.74) is 12.4. The molecule has 0 heterocycles. The molecule has 0 unspecified atom stereocenters. The first kappa shape index (κ1) is 39.5. The lowest BCUT2D eigenvalue weighted by Gasteiger charge is -2.19. The molecule has 0 aromatic heterocycles. The van der Waals surface area contributed by atoms with E-state index in [9.17, 15) is 0 Å². The van der Waals surface area contributed by atoms with Crippen LogP contribution in [0.5, 0.6) is 0 Å². The van der Waals surface area contributed by atoms with Crippen molar-refractivity contribution < 1.29 is 0 Å². The maximum atomic E-state index is 2.55. The van der Waals surface area contributed by atoms with Crippen LogP contribution in [0.25, 0.3) is 163 Å². The van der Waals surface area contributed by atoms with Crippen LogP contribution in [0.3, 0.4) is 0 Å². The molecule has 16 rings (SSSR count). The van der Waals surface area contributed by atoms with E-state index in [1.807, 2.05) is 0 Å². The Hall–Kier alpha value is -9.36. The standard InChI is InChI=1S/C72H42/c1-5-20-43(21-6-1)64-54-32-17-18-33-55(54)65(44-22-7-2-8-23-44)59-38-47(36-37-56(59)64)49-40-58-50-29-14-13-28-48(50)39-61-69(58)62(41-49)71-66(45-24-9-3-10-25-45)63-42-60-52-31-16-15-30-51(52)53-34-19-35-57(68(53)60)70(63)67(72(61)71)46-26-11-4-12-27-46/h1-42H. The van der Waals surface area contributed by atoms with E-state index < -0.39 is 0 Å². The molecule has 0 saturated heterocycles. The first-order valence-electron chi connectivity index (χ1n) is 25.2. The fraction of sp³-hybridized carbons (Fsp3) is 0.